The van der Waals surface area contributed by atoms with Gasteiger partial charge >= 0.3 is 17.9 Å². The van der Waals surface area contributed by atoms with E-state index < -0.39 is 63.4 Å². The summed E-state index contributed by atoms with van der Waals surface area (Å²) in [5, 5.41) is 18.1. The minimum atomic E-state index is -4.95. The maximum atomic E-state index is 13.7. The zero-order chi connectivity index (χ0) is 65.0. The van der Waals surface area contributed by atoms with Crippen molar-refractivity contribution in [3.05, 3.63) is 59.4 Å². The molecule has 22 heteroatoms. The molecule has 5 N–H and O–H groups in total. The van der Waals surface area contributed by atoms with Crippen molar-refractivity contribution in [1.82, 2.24) is 30.4 Å². The SMILES string of the molecule is CCCCCCCCCCCCCCCC(=O)OC[C@H](COP(=O)([O-])OCCNC(=O)CCC(=O)NCCCCCCN1Cc2cc(C(=O)N(C)Cc3nc4ccccc4[nH]3)ccc2N[C@H](CC(=O)O)C1=O)OC(=O)CCCCCCCCCCCCCCC. The van der Waals surface area contributed by atoms with Gasteiger partial charge in [-0.1, -0.05) is 193 Å². The number of fused-ring (bicyclic) bond motifs is 2. The van der Waals surface area contributed by atoms with E-state index in [-0.39, 0.29) is 69.6 Å². The number of hydrogen-bond donors (Lipinski definition) is 5. The van der Waals surface area contributed by atoms with Crippen LogP contribution >= 0.6 is 7.82 Å². The van der Waals surface area contributed by atoms with E-state index >= 15 is 0 Å². The summed E-state index contributed by atoms with van der Waals surface area (Å²) in [6.45, 7) is 3.94. The second-order valence-electron chi connectivity index (χ2n) is 24.3. The van der Waals surface area contributed by atoms with E-state index in [4.69, 9.17) is 18.5 Å². The van der Waals surface area contributed by atoms with E-state index in [2.05, 4.69) is 39.8 Å². The molecule has 1 aliphatic heterocycles. The van der Waals surface area contributed by atoms with Crippen molar-refractivity contribution in [1.29, 1.82) is 0 Å². The van der Waals surface area contributed by atoms with Gasteiger partial charge in [0.25, 0.3) is 13.7 Å². The number of nitrogens with one attached hydrogen (secondary N) is 4. The number of phosphoric acid groups is 1. The molecule has 4 amide bonds. The highest BCUT2D eigenvalue weighted by molar-refractivity contribution is 7.45. The molecule has 3 atom stereocenters. The number of rotatable bonds is 53. The highest BCUT2D eigenvalue weighted by atomic mass is 31.2. The van der Waals surface area contributed by atoms with Crippen LogP contribution in [-0.2, 0) is 64.9 Å². The normalized spacial score (nSPS) is 14.1. The molecule has 1 unspecified atom stereocenters. The van der Waals surface area contributed by atoms with Crippen molar-refractivity contribution in [2.45, 2.75) is 264 Å². The molecule has 0 bridgehead atoms. The zero-order valence-corrected chi connectivity index (χ0v) is 55.5. The summed E-state index contributed by atoms with van der Waals surface area (Å²) in [4.78, 5) is 113. The molecule has 90 heavy (non-hydrogen) atoms. The molecule has 2 aromatic carbocycles. The van der Waals surface area contributed by atoms with E-state index in [1.54, 1.807) is 35.0 Å². The number of benzene rings is 2. The van der Waals surface area contributed by atoms with Crippen molar-refractivity contribution in [3.63, 3.8) is 0 Å². The van der Waals surface area contributed by atoms with E-state index in [0.717, 1.165) is 56.0 Å². The molecule has 0 spiro atoms. The Morgan fingerprint density at radius 2 is 1.21 bits per heavy atom. The number of para-hydroxylation sites is 2. The Labute approximate surface area is 536 Å². The smallest absolute Gasteiger partial charge is 0.306 e. The number of amides is 4. The third-order valence-electron chi connectivity index (χ3n) is 16.2. The number of ether oxygens (including phenoxy) is 2. The third kappa shape index (κ3) is 34.0. The topological polar surface area (TPSA) is 288 Å². The number of imidazole rings is 1. The molecule has 1 aromatic heterocycles. The average Bonchev–Trinajstić information content (AvgIpc) is 1.79. The standard InChI is InChI=1S/C68H110N7O14P/c1-4-6-8-10-12-14-16-18-20-22-24-26-30-38-65(80)86-52-56(89-66(81)39-31-27-25-23-21-19-17-15-13-11-9-7-5-2)53-88-90(84,85)87-47-45-70-63(77)43-42-62(76)69-44-34-28-29-35-46-75-50-55-48-54(40-41-57(55)71-60(68(75)83)49-64(78)79)67(82)74(3)51-61-72-58-36-32-33-37-59(58)73-61/h32-33,36-37,40-41,48,56,60,71H,4-31,34-35,38-39,42-47,49-53H2,1-3H3,(H,69,76)(H,70,77)(H,72,73)(H,78,79)(H,84,85)/p-1/t56-,60-/m1/s1. The molecule has 1 aliphatic rings. The predicted molar refractivity (Wildman–Crippen MR) is 348 cm³/mol. The number of carboxylic acids is 1. The number of esters is 2. The van der Waals surface area contributed by atoms with Crippen LogP contribution < -0.4 is 20.8 Å². The molecule has 21 nitrogen and oxygen atoms in total. The van der Waals surface area contributed by atoms with Crippen LogP contribution in [0.25, 0.3) is 11.0 Å². The maximum Gasteiger partial charge on any atom is 0.306 e. The van der Waals surface area contributed by atoms with Crippen molar-refractivity contribution >= 4 is 66.1 Å². The Bertz CT molecular complexity index is 2590. The number of H-pyrrole nitrogens is 1. The molecule has 0 radical (unpaired) electrons. The van der Waals surface area contributed by atoms with Crippen LogP contribution in [0.15, 0.2) is 42.5 Å². The van der Waals surface area contributed by atoms with E-state index in [9.17, 15) is 48.1 Å². The number of anilines is 1. The summed E-state index contributed by atoms with van der Waals surface area (Å²) in [6.07, 6.45) is 31.5. The summed E-state index contributed by atoms with van der Waals surface area (Å²) < 4.78 is 33.8. The lowest BCUT2D eigenvalue weighted by atomic mass is 10.0. The fraction of sp³-hybridized carbons (Fsp3) is 0.706. The first kappa shape index (κ1) is 76.6. The number of hydrogen-bond acceptors (Lipinski definition) is 15. The van der Waals surface area contributed by atoms with Crippen molar-refractivity contribution < 1.29 is 66.6 Å². The Balaban J connectivity index is 1.10. The average molecular weight is 1280 g/mol. The van der Waals surface area contributed by atoms with E-state index in [1.807, 2.05) is 24.3 Å². The number of carbonyl (C=O) groups is 7. The first-order chi connectivity index (χ1) is 43.6. The fourth-order valence-corrected chi connectivity index (χ4v) is 11.8. The van der Waals surface area contributed by atoms with Gasteiger partial charge in [0.15, 0.2) is 6.10 Å². The van der Waals surface area contributed by atoms with Crippen LogP contribution in [0, 0.1) is 0 Å². The zero-order valence-electron chi connectivity index (χ0n) is 54.6. The van der Waals surface area contributed by atoms with Gasteiger partial charge in [-0.15, -0.1) is 0 Å². The molecule has 3 aromatic rings. The molecule has 0 fully saturated rings. The van der Waals surface area contributed by atoms with Crippen molar-refractivity contribution in [2.75, 3.05) is 51.8 Å². The third-order valence-corrected chi connectivity index (χ3v) is 17.2. The van der Waals surface area contributed by atoms with Gasteiger partial charge in [-0.3, -0.25) is 38.1 Å². The van der Waals surface area contributed by atoms with Crippen LogP contribution in [0.5, 0.6) is 0 Å². The van der Waals surface area contributed by atoms with Crippen LogP contribution in [-0.4, -0.2) is 125 Å². The van der Waals surface area contributed by atoms with Crippen LogP contribution in [0.3, 0.4) is 0 Å². The van der Waals surface area contributed by atoms with Gasteiger partial charge in [0.1, 0.15) is 18.5 Å². The molecule has 2 heterocycles. The lowest BCUT2D eigenvalue weighted by Gasteiger charge is -2.25. The van der Waals surface area contributed by atoms with Crippen LogP contribution in [0.4, 0.5) is 5.69 Å². The van der Waals surface area contributed by atoms with Crippen LogP contribution in [0.1, 0.15) is 260 Å². The Morgan fingerprint density at radius 3 is 1.79 bits per heavy atom. The van der Waals surface area contributed by atoms with Crippen LogP contribution in [0.2, 0.25) is 0 Å². The van der Waals surface area contributed by atoms with Crippen molar-refractivity contribution in [3.8, 4) is 0 Å². The van der Waals surface area contributed by atoms with Gasteiger partial charge < -0.3 is 59.3 Å². The van der Waals surface area contributed by atoms with E-state index in [1.165, 1.54) is 116 Å². The maximum absolute atomic E-state index is 13.7. The fourth-order valence-electron chi connectivity index (χ4n) is 11.0. The monoisotopic (exact) mass is 1280 g/mol. The lowest BCUT2D eigenvalue weighted by molar-refractivity contribution is -0.228. The molecule has 0 saturated carbocycles. The number of phosphoric ester groups is 1. The summed E-state index contributed by atoms with van der Waals surface area (Å²) in [7, 11) is -3.26. The molecule has 0 saturated heterocycles. The quantitative estimate of drug-likeness (QED) is 0.0199. The molecule has 0 aliphatic carbocycles. The number of carboxylic acid groups (broad SMARTS) is 1. The van der Waals surface area contributed by atoms with Gasteiger partial charge in [0.2, 0.25) is 17.7 Å². The van der Waals surface area contributed by atoms with Gasteiger partial charge in [-0.2, -0.15) is 0 Å². The summed E-state index contributed by atoms with van der Waals surface area (Å²) in [5.74, 6) is -2.92. The molecule has 4 rings (SSSR count). The van der Waals surface area contributed by atoms with E-state index in [0.29, 0.717) is 67.8 Å². The number of unbranched alkanes of at least 4 members (excludes halogenated alkanes) is 27. The van der Waals surface area contributed by atoms with Gasteiger partial charge in [-0.05, 0) is 61.6 Å². The largest absolute Gasteiger partial charge is 0.756 e. The minimum Gasteiger partial charge on any atom is -0.756 e. The highest BCUT2D eigenvalue weighted by Crippen LogP contribution is 2.38. The molecular formula is C68H109N7O14P-. The Hall–Kier alpha value is -5.89. The molecule has 506 valence electrons. The van der Waals surface area contributed by atoms with Gasteiger partial charge in [0, 0.05) is 70.2 Å². The minimum absolute atomic E-state index is 0.103. The van der Waals surface area contributed by atoms with Gasteiger partial charge in [0.05, 0.1) is 37.2 Å². The summed E-state index contributed by atoms with van der Waals surface area (Å²) in [5.41, 5.74) is 3.35. The first-order valence-electron chi connectivity index (χ1n) is 34.1. The number of aromatic nitrogens is 2. The number of nitrogens with zero attached hydrogens (tertiary/aromatic N) is 3. The first-order valence-corrected chi connectivity index (χ1v) is 35.6. The second kappa shape index (κ2) is 46.2. The number of aromatic amines is 1. The Kier molecular flexibility index (Phi) is 39.3. The lowest BCUT2D eigenvalue weighted by Crippen LogP contribution is -2.42. The molecular weight excluding hydrogens is 1170 g/mol. The predicted octanol–water partition coefficient (Wildman–Crippen LogP) is 12.9. The number of aliphatic carboxylic acids is 1. The number of carbonyl (C=O) groups excluding carboxylic acids is 6. The van der Waals surface area contributed by atoms with Crippen molar-refractivity contribution in [2.24, 2.45) is 0 Å². The summed E-state index contributed by atoms with van der Waals surface area (Å²) >= 11 is 0. The second-order valence-corrected chi connectivity index (χ2v) is 25.7. The van der Waals surface area contributed by atoms with Gasteiger partial charge in [-0.25, -0.2) is 4.98 Å². The Morgan fingerprint density at radius 1 is 0.678 bits per heavy atom. The highest BCUT2D eigenvalue weighted by Gasteiger charge is 2.31. The summed E-state index contributed by atoms with van der Waals surface area (Å²) in [6, 6.07) is 11.7.